The number of rotatable bonds is 5. The van der Waals surface area contributed by atoms with E-state index in [9.17, 15) is 4.79 Å². The third kappa shape index (κ3) is 3.41. The number of amides is 1. The van der Waals surface area contributed by atoms with Crippen molar-refractivity contribution in [3.05, 3.63) is 53.9 Å². The Morgan fingerprint density at radius 2 is 2.08 bits per heavy atom. The largest absolute Gasteiger partial charge is 0.349 e. The molecular formula is C19H24N4O. The number of hydrogen-bond donors (Lipinski definition) is 1. The zero-order chi connectivity index (χ0) is 17.1. The SMILES string of the molecule is CC1Cc2ccccc2N1c1ccc(C(=O)NCCN(C)C)nc1. The Hall–Kier alpha value is -2.40. The van der Waals surface area contributed by atoms with E-state index in [-0.39, 0.29) is 5.91 Å². The molecule has 1 unspecified atom stereocenters. The van der Waals surface area contributed by atoms with E-state index in [0.29, 0.717) is 18.3 Å². The summed E-state index contributed by atoms with van der Waals surface area (Å²) in [5.41, 5.74) is 4.07. The van der Waals surface area contributed by atoms with E-state index in [0.717, 1.165) is 18.7 Å². The summed E-state index contributed by atoms with van der Waals surface area (Å²) in [7, 11) is 3.96. The minimum absolute atomic E-state index is 0.127. The molecule has 0 aliphatic carbocycles. The van der Waals surface area contributed by atoms with Gasteiger partial charge in [-0.15, -0.1) is 0 Å². The highest BCUT2D eigenvalue weighted by Gasteiger charge is 2.26. The molecule has 3 rings (SSSR count). The van der Waals surface area contributed by atoms with Crippen LogP contribution < -0.4 is 10.2 Å². The van der Waals surface area contributed by atoms with Gasteiger partial charge in [0.2, 0.25) is 0 Å². The molecule has 1 aliphatic heterocycles. The van der Waals surface area contributed by atoms with Gasteiger partial charge in [-0.2, -0.15) is 0 Å². The minimum atomic E-state index is -0.127. The number of pyridine rings is 1. The maximum Gasteiger partial charge on any atom is 0.269 e. The summed E-state index contributed by atoms with van der Waals surface area (Å²) in [5.74, 6) is -0.127. The number of likely N-dealkylation sites (N-methyl/N-ethyl adjacent to an activating group) is 1. The average Bonchev–Trinajstić information content (AvgIpc) is 2.90. The third-order valence-electron chi connectivity index (χ3n) is 4.31. The number of hydrogen-bond acceptors (Lipinski definition) is 4. The molecule has 24 heavy (non-hydrogen) atoms. The van der Waals surface area contributed by atoms with Crippen molar-refractivity contribution in [1.29, 1.82) is 0 Å². The number of aromatic nitrogens is 1. The number of carbonyl (C=O) groups excluding carboxylic acids is 1. The smallest absolute Gasteiger partial charge is 0.269 e. The first kappa shape index (κ1) is 16.5. The average molecular weight is 324 g/mol. The summed E-state index contributed by atoms with van der Waals surface area (Å²) in [6, 6.07) is 12.6. The van der Waals surface area contributed by atoms with Gasteiger partial charge in [-0.3, -0.25) is 4.79 Å². The predicted molar refractivity (Wildman–Crippen MR) is 96.9 cm³/mol. The lowest BCUT2D eigenvalue weighted by molar-refractivity contribution is 0.0946. The topological polar surface area (TPSA) is 48.5 Å². The molecule has 1 aromatic carbocycles. The Bertz CT molecular complexity index is 712. The first-order valence-corrected chi connectivity index (χ1v) is 8.32. The lowest BCUT2D eigenvalue weighted by Crippen LogP contribution is -2.31. The third-order valence-corrected chi connectivity index (χ3v) is 4.31. The van der Waals surface area contributed by atoms with Gasteiger partial charge in [-0.05, 0) is 51.2 Å². The molecular weight excluding hydrogens is 300 g/mol. The molecule has 0 bridgehead atoms. The first-order valence-electron chi connectivity index (χ1n) is 8.32. The van der Waals surface area contributed by atoms with Gasteiger partial charge < -0.3 is 15.1 Å². The van der Waals surface area contributed by atoms with Gasteiger partial charge in [-0.25, -0.2) is 4.98 Å². The van der Waals surface area contributed by atoms with E-state index in [1.54, 1.807) is 12.3 Å². The van der Waals surface area contributed by atoms with Crippen molar-refractivity contribution in [1.82, 2.24) is 15.2 Å². The quantitative estimate of drug-likeness (QED) is 0.918. The van der Waals surface area contributed by atoms with Crippen molar-refractivity contribution in [2.45, 2.75) is 19.4 Å². The maximum absolute atomic E-state index is 12.1. The molecule has 126 valence electrons. The predicted octanol–water partition coefficient (Wildman–Crippen LogP) is 2.46. The number of nitrogens with one attached hydrogen (secondary N) is 1. The van der Waals surface area contributed by atoms with Crippen LogP contribution in [-0.4, -0.2) is 49.0 Å². The van der Waals surface area contributed by atoms with Crippen LogP contribution in [0, 0.1) is 0 Å². The van der Waals surface area contributed by atoms with E-state index < -0.39 is 0 Å². The van der Waals surface area contributed by atoms with Crippen molar-refractivity contribution in [3.63, 3.8) is 0 Å². The monoisotopic (exact) mass is 324 g/mol. The number of fused-ring (bicyclic) bond motifs is 1. The van der Waals surface area contributed by atoms with Crippen LogP contribution in [0.15, 0.2) is 42.6 Å². The Kier molecular flexibility index (Phi) is 4.81. The fraction of sp³-hybridized carbons (Fsp3) is 0.368. The van der Waals surface area contributed by atoms with Crippen molar-refractivity contribution < 1.29 is 4.79 Å². The Labute approximate surface area is 143 Å². The second-order valence-electron chi connectivity index (χ2n) is 6.51. The molecule has 0 radical (unpaired) electrons. The second-order valence-corrected chi connectivity index (χ2v) is 6.51. The van der Waals surface area contributed by atoms with Crippen molar-refractivity contribution in [3.8, 4) is 0 Å². The molecule has 5 heteroatoms. The second kappa shape index (κ2) is 7.01. The molecule has 1 amide bonds. The molecule has 0 spiro atoms. The summed E-state index contributed by atoms with van der Waals surface area (Å²) < 4.78 is 0. The summed E-state index contributed by atoms with van der Waals surface area (Å²) >= 11 is 0. The summed E-state index contributed by atoms with van der Waals surface area (Å²) in [4.78, 5) is 20.8. The summed E-state index contributed by atoms with van der Waals surface area (Å²) in [5, 5.41) is 2.89. The number of nitrogens with zero attached hydrogens (tertiary/aromatic N) is 3. The minimum Gasteiger partial charge on any atom is -0.349 e. The van der Waals surface area contributed by atoms with Crippen LogP contribution in [-0.2, 0) is 6.42 Å². The molecule has 0 fully saturated rings. The summed E-state index contributed by atoms with van der Waals surface area (Å²) in [6.07, 6.45) is 2.82. The molecule has 1 aliphatic rings. The maximum atomic E-state index is 12.1. The van der Waals surface area contributed by atoms with Crippen LogP contribution in [0.1, 0.15) is 23.0 Å². The number of benzene rings is 1. The van der Waals surface area contributed by atoms with E-state index in [4.69, 9.17) is 0 Å². The van der Waals surface area contributed by atoms with Gasteiger partial charge in [0.1, 0.15) is 5.69 Å². The Balaban J connectivity index is 1.72. The van der Waals surface area contributed by atoms with Gasteiger partial charge in [0.05, 0.1) is 11.9 Å². The van der Waals surface area contributed by atoms with E-state index >= 15 is 0 Å². The highest BCUT2D eigenvalue weighted by atomic mass is 16.1. The van der Waals surface area contributed by atoms with E-state index in [1.807, 2.05) is 25.1 Å². The van der Waals surface area contributed by atoms with Crippen molar-refractivity contribution in [2.24, 2.45) is 0 Å². The van der Waals surface area contributed by atoms with Gasteiger partial charge in [-0.1, -0.05) is 18.2 Å². The van der Waals surface area contributed by atoms with Crippen molar-refractivity contribution in [2.75, 3.05) is 32.1 Å². The Morgan fingerprint density at radius 1 is 1.29 bits per heavy atom. The molecule has 0 saturated heterocycles. The molecule has 2 aromatic rings. The fourth-order valence-electron chi connectivity index (χ4n) is 3.11. The molecule has 5 nitrogen and oxygen atoms in total. The van der Waals surface area contributed by atoms with E-state index in [2.05, 4.69) is 46.4 Å². The van der Waals surface area contributed by atoms with E-state index in [1.165, 1.54) is 11.3 Å². The highest BCUT2D eigenvalue weighted by Crippen LogP contribution is 2.37. The van der Waals surface area contributed by atoms with Crippen LogP contribution in [0.5, 0.6) is 0 Å². The highest BCUT2D eigenvalue weighted by molar-refractivity contribution is 5.92. The normalized spacial score (nSPS) is 16.3. The van der Waals surface area contributed by atoms with Gasteiger partial charge >= 0.3 is 0 Å². The summed E-state index contributed by atoms with van der Waals surface area (Å²) in [6.45, 7) is 3.64. The van der Waals surface area contributed by atoms with Crippen LogP contribution >= 0.6 is 0 Å². The van der Waals surface area contributed by atoms with Crippen molar-refractivity contribution >= 4 is 17.3 Å². The molecule has 2 heterocycles. The lowest BCUT2D eigenvalue weighted by atomic mass is 10.1. The fourth-order valence-corrected chi connectivity index (χ4v) is 3.11. The first-order chi connectivity index (χ1) is 11.6. The number of carbonyl (C=O) groups is 1. The molecule has 1 aromatic heterocycles. The number of para-hydroxylation sites is 1. The molecule has 1 atom stereocenters. The molecule has 0 saturated carbocycles. The van der Waals surface area contributed by atoms with Crippen LogP contribution in [0.25, 0.3) is 0 Å². The van der Waals surface area contributed by atoms with Crippen LogP contribution in [0.4, 0.5) is 11.4 Å². The van der Waals surface area contributed by atoms with Crippen LogP contribution in [0.3, 0.4) is 0 Å². The zero-order valence-corrected chi connectivity index (χ0v) is 14.5. The van der Waals surface area contributed by atoms with Gasteiger partial charge in [0, 0.05) is 24.8 Å². The van der Waals surface area contributed by atoms with Gasteiger partial charge in [0.15, 0.2) is 0 Å². The van der Waals surface area contributed by atoms with Gasteiger partial charge in [0.25, 0.3) is 5.91 Å². The standard InChI is InChI=1S/C19H24N4O/c1-14-12-15-6-4-5-7-18(15)23(14)16-8-9-17(21-13-16)19(24)20-10-11-22(2)3/h4-9,13-14H,10-12H2,1-3H3,(H,20,24). The Morgan fingerprint density at radius 3 is 2.79 bits per heavy atom. The van der Waals surface area contributed by atoms with Crippen LogP contribution in [0.2, 0.25) is 0 Å². The lowest BCUT2D eigenvalue weighted by Gasteiger charge is -2.24. The molecule has 1 N–H and O–H groups in total. The zero-order valence-electron chi connectivity index (χ0n) is 14.5. The number of anilines is 2.